The van der Waals surface area contributed by atoms with Gasteiger partial charge in [0.05, 0.1) is 0 Å². The second kappa shape index (κ2) is 4.07. The van der Waals surface area contributed by atoms with Crippen LogP contribution in [-0.4, -0.2) is 11.5 Å². The molecule has 15 heavy (non-hydrogen) atoms. The number of H-pyrrole nitrogens is 1. The van der Waals surface area contributed by atoms with Gasteiger partial charge in [0.1, 0.15) is 0 Å². The van der Waals surface area contributed by atoms with Crippen LogP contribution in [0.2, 0.25) is 0 Å². The van der Waals surface area contributed by atoms with Gasteiger partial charge in [-0.3, -0.25) is 0 Å². The Morgan fingerprint density at radius 1 is 1.33 bits per heavy atom. The van der Waals surface area contributed by atoms with E-state index in [-0.39, 0.29) is 0 Å². The summed E-state index contributed by atoms with van der Waals surface area (Å²) in [5, 5.41) is 1.34. The van der Waals surface area contributed by atoms with Crippen LogP contribution in [0.15, 0.2) is 18.2 Å². The Morgan fingerprint density at radius 2 is 2.13 bits per heavy atom. The molecule has 0 atom stereocenters. The van der Waals surface area contributed by atoms with Gasteiger partial charge in [0.25, 0.3) is 0 Å². The Kier molecular flexibility index (Phi) is 2.78. The molecular formula is C13H18N2. The van der Waals surface area contributed by atoms with Crippen molar-refractivity contribution in [2.24, 2.45) is 5.73 Å². The predicted octanol–water partition coefficient (Wildman–Crippen LogP) is 2.54. The first-order valence-corrected chi connectivity index (χ1v) is 5.56. The number of hydrogen-bond donors (Lipinski definition) is 2. The molecule has 0 spiro atoms. The van der Waals surface area contributed by atoms with E-state index >= 15 is 0 Å². The normalized spacial score (nSPS) is 11.1. The first-order valence-electron chi connectivity index (χ1n) is 5.56. The van der Waals surface area contributed by atoms with E-state index in [1.807, 2.05) is 0 Å². The molecule has 0 aliphatic carbocycles. The predicted molar refractivity (Wildman–Crippen MR) is 65.2 cm³/mol. The minimum atomic E-state index is 0.716. The van der Waals surface area contributed by atoms with Crippen molar-refractivity contribution in [3.05, 3.63) is 35.0 Å². The molecule has 2 heteroatoms. The summed E-state index contributed by atoms with van der Waals surface area (Å²) >= 11 is 0. The first kappa shape index (κ1) is 10.2. The van der Waals surface area contributed by atoms with Gasteiger partial charge in [-0.25, -0.2) is 0 Å². The molecule has 0 amide bonds. The quantitative estimate of drug-likeness (QED) is 0.789. The van der Waals surface area contributed by atoms with Crippen molar-refractivity contribution in [1.82, 2.24) is 4.98 Å². The number of benzene rings is 1. The summed E-state index contributed by atoms with van der Waals surface area (Å²) < 4.78 is 0. The summed E-state index contributed by atoms with van der Waals surface area (Å²) in [5.74, 6) is 0. The fraction of sp³-hybridized carbons (Fsp3) is 0.385. The molecule has 2 rings (SSSR count). The van der Waals surface area contributed by atoms with Crippen molar-refractivity contribution >= 4 is 10.9 Å². The molecule has 80 valence electrons. The topological polar surface area (TPSA) is 41.8 Å². The molecule has 3 N–H and O–H groups in total. The summed E-state index contributed by atoms with van der Waals surface area (Å²) in [6, 6.07) is 6.56. The highest BCUT2D eigenvalue weighted by atomic mass is 14.7. The summed E-state index contributed by atoms with van der Waals surface area (Å²) in [6.45, 7) is 5.01. The zero-order valence-electron chi connectivity index (χ0n) is 9.43. The summed E-state index contributed by atoms with van der Waals surface area (Å²) in [4.78, 5) is 3.48. The Morgan fingerprint density at radius 3 is 2.80 bits per heavy atom. The number of nitrogens with two attached hydrogens (primary N) is 1. The van der Waals surface area contributed by atoms with E-state index in [2.05, 4.69) is 37.0 Å². The van der Waals surface area contributed by atoms with Crippen LogP contribution in [-0.2, 0) is 12.8 Å². The number of hydrogen-bond acceptors (Lipinski definition) is 1. The van der Waals surface area contributed by atoms with Crippen LogP contribution in [0, 0.1) is 6.92 Å². The molecule has 0 unspecified atom stereocenters. The number of rotatable bonds is 3. The molecule has 0 aliphatic heterocycles. The molecule has 0 fully saturated rings. The van der Waals surface area contributed by atoms with Gasteiger partial charge in [-0.15, -0.1) is 0 Å². The Labute approximate surface area is 90.5 Å². The van der Waals surface area contributed by atoms with Crippen LogP contribution in [0.25, 0.3) is 10.9 Å². The monoisotopic (exact) mass is 202 g/mol. The van der Waals surface area contributed by atoms with Crippen molar-refractivity contribution in [3.8, 4) is 0 Å². The van der Waals surface area contributed by atoms with E-state index in [0.717, 1.165) is 12.8 Å². The maximum Gasteiger partial charge on any atom is 0.0461 e. The van der Waals surface area contributed by atoms with E-state index in [4.69, 9.17) is 5.73 Å². The molecule has 0 saturated carbocycles. The van der Waals surface area contributed by atoms with Gasteiger partial charge < -0.3 is 10.7 Å². The molecule has 1 aromatic heterocycles. The van der Waals surface area contributed by atoms with Crippen molar-refractivity contribution < 1.29 is 0 Å². The van der Waals surface area contributed by atoms with Crippen LogP contribution < -0.4 is 5.73 Å². The number of aromatic nitrogens is 1. The van der Waals surface area contributed by atoms with Gasteiger partial charge in [-0.1, -0.05) is 19.1 Å². The molecule has 2 nitrogen and oxygen atoms in total. The minimum Gasteiger partial charge on any atom is -0.358 e. The molecule has 0 saturated heterocycles. The lowest BCUT2D eigenvalue weighted by atomic mass is 10.1. The number of aryl methyl sites for hydroxylation is 2. The molecule has 0 aliphatic rings. The molecule has 1 aromatic carbocycles. The third-order valence-corrected chi connectivity index (χ3v) is 2.90. The van der Waals surface area contributed by atoms with Crippen LogP contribution in [0.3, 0.4) is 0 Å². The van der Waals surface area contributed by atoms with Gasteiger partial charge in [-0.2, -0.15) is 0 Å². The van der Waals surface area contributed by atoms with Crippen LogP contribution >= 0.6 is 0 Å². The molecule has 1 heterocycles. The van der Waals surface area contributed by atoms with E-state index in [1.54, 1.807) is 0 Å². The van der Waals surface area contributed by atoms with Crippen molar-refractivity contribution in [3.63, 3.8) is 0 Å². The molecule has 2 aromatic rings. The van der Waals surface area contributed by atoms with E-state index in [1.165, 1.54) is 27.7 Å². The second-order valence-corrected chi connectivity index (χ2v) is 4.02. The van der Waals surface area contributed by atoms with Crippen LogP contribution in [0.5, 0.6) is 0 Å². The fourth-order valence-electron chi connectivity index (χ4n) is 2.16. The van der Waals surface area contributed by atoms with Crippen molar-refractivity contribution in [2.75, 3.05) is 6.54 Å². The van der Waals surface area contributed by atoms with E-state index in [9.17, 15) is 0 Å². The van der Waals surface area contributed by atoms with E-state index < -0.39 is 0 Å². The number of nitrogens with one attached hydrogen (secondary N) is 1. The molecular weight excluding hydrogens is 184 g/mol. The van der Waals surface area contributed by atoms with Gasteiger partial charge in [-0.05, 0) is 43.5 Å². The zero-order chi connectivity index (χ0) is 10.8. The lowest BCUT2D eigenvalue weighted by Gasteiger charge is -2.00. The smallest absolute Gasteiger partial charge is 0.0461 e. The minimum absolute atomic E-state index is 0.716. The highest BCUT2D eigenvalue weighted by Crippen LogP contribution is 2.24. The third kappa shape index (κ3) is 1.77. The van der Waals surface area contributed by atoms with Crippen molar-refractivity contribution in [2.45, 2.75) is 26.7 Å². The average Bonchev–Trinajstić information content (AvgIpc) is 2.56. The van der Waals surface area contributed by atoms with Gasteiger partial charge in [0, 0.05) is 16.6 Å². The summed E-state index contributed by atoms with van der Waals surface area (Å²) in [7, 11) is 0. The lowest BCUT2D eigenvalue weighted by Crippen LogP contribution is -2.04. The summed E-state index contributed by atoms with van der Waals surface area (Å²) in [5.41, 5.74) is 10.9. The van der Waals surface area contributed by atoms with Gasteiger partial charge in [0.2, 0.25) is 0 Å². The van der Waals surface area contributed by atoms with Crippen molar-refractivity contribution in [1.29, 1.82) is 0 Å². The van der Waals surface area contributed by atoms with E-state index in [0.29, 0.717) is 6.54 Å². The Hall–Kier alpha value is -1.28. The second-order valence-electron chi connectivity index (χ2n) is 4.02. The maximum atomic E-state index is 5.65. The standard InChI is InChI=1S/C13H18N2/c1-3-12-11(6-7-14)10-5-4-9(2)8-13(10)15-12/h4-5,8,15H,3,6-7,14H2,1-2H3. The Bertz CT molecular complexity index is 469. The zero-order valence-corrected chi connectivity index (χ0v) is 9.43. The highest BCUT2D eigenvalue weighted by molar-refractivity contribution is 5.85. The maximum absolute atomic E-state index is 5.65. The Balaban J connectivity index is 2.63. The molecule has 0 radical (unpaired) electrons. The fourth-order valence-corrected chi connectivity index (χ4v) is 2.16. The number of fused-ring (bicyclic) bond motifs is 1. The lowest BCUT2D eigenvalue weighted by molar-refractivity contribution is 0.936. The SMILES string of the molecule is CCc1[nH]c2cc(C)ccc2c1CCN. The van der Waals surface area contributed by atoms with Gasteiger partial charge >= 0.3 is 0 Å². The highest BCUT2D eigenvalue weighted by Gasteiger charge is 2.08. The molecule has 0 bridgehead atoms. The average molecular weight is 202 g/mol. The van der Waals surface area contributed by atoms with Crippen LogP contribution in [0.4, 0.5) is 0 Å². The number of aromatic amines is 1. The largest absolute Gasteiger partial charge is 0.358 e. The third-order valence-electron chi connectivity index (χ3n) is 2.90. The summed E-state index contributed by atoms with van der Waals surface area (Å²) in [6.07, 6.45) is 2.01. The first-order chi connectivity index (χ1) is 7.26. The van der Waals surface area contributed by atoms with Gasteiger partial charge in [0.15, 0.2) is 0 Å². The van der Waals surface area contributed by atoms with Crippen LogP contribution in [0.1, 0.15) is 23.7 Å².